The number of carbonyl (C=O) groups excluding carboxylic acids is 1. The molecule has 7 heteroatoms. The van der Waals surface area contributed by atoms with E-state index in [4.69, 9.17) is 14.9 Å². The second-order valence-corrected chi connectivity index (χ2v) is 3.00. The minimum atomic E-state index is -1.40. The van der Waals surface area contributed by atoms with Gasteiger partial charge in [-0.3, -0.25) is 9.59 Å². The molecule has 7 nitrogen and oxygen atoms in total. The predicted molar refractivity (Wildman–Crippen MR) is 52.9 cm³/mol. The maximum Gasteiger partial charge on any atom is 0.326 e. The summed E-state index contributed by atoms with van der Waals surface area (Å²) in [5.74, 6) is -3.19. The van der Waals surface area contributed by atoms with E-state index in [9.17, 15) is 14.4 Å². The van der Waals surface area contributed by atoms with Gasteiger partial charge in [0.1, 0.15) is 6.04 Å². The van der Waals surface area contributed by atoms with Crippen LogP contribution in [0.15, 0.2) is 0 Å². The van der Waals surface area contributed by atoms with Crippen LogP contribution in [-0.2, 0) is 19.1 Å². The first-order valence-electron chi connectivity index (χ1n) is 4.79. The maximum absolute atomic E-state index is 11.2. The van der Waals surface area contributed by atoms with Gasteiger partial charge in [-0.05, 0) is 6.92 Å². The number of rotatable bonds is 8. The van der Waals surface area contributed by atoms with Crippen LogP contribution in [0.1, 0.15) is 19.8 Å². The molecule has 1 atom stereocenters. The third-order valence-electron chi connectivity index (χ3n) is 1.69. The van der Waals surface area contributed by atoms with Gasteiger partial charge in [-0.15, -0.1) is 0 Å². The number of aliphatic carboxylic acids is 2. The van der Waals surface area contributed by atoms with E-state index in [1.807, 2.05) is 0 Å². The molecule has 0 saturated heterocycles. The fraction of sp³-hybridized carbons (Fsp3) is 0.667. The first-order chi connectivity index (χ1) is 7.47. The Kier molecular flexibility index (Phi) is 6.86. The highest BCUT2D eigenvalue weighted by Crippen LogP contribution is 1.94. The van der Waals surface area contributed by atoms with Gasteiger partial charge in [0.15, 0.2) is 0 Å². The zero-order chi connectivity index (χ0) is 12.6. The number of carboxylic acids is 2. The monoisotopic (exact) mass is 233 g/mol. The van der Waals surface area contributed by atoms with Crippen LogP contribution < -0.4 is 5.32 Å². The lowest BCUT2D eigenvalue weighted by Crippen LogP contribution is -2.42. The summed E-state index contributed by atoms with van der Waals surface area (Å²) in [6.45, 7) is 2.41. The molecule has 1 unspecified atom stereocenters. The molecule has 1 amide bonds. The highest BCUT2D eigenvalue weighted by Gasteiger charge is 2.22. The second kappa shape index (κ2) is 7.63. The van der Waals surface area contributed by atoms with Gasteiger partial charge in [0.05, 0.1) is 13.0 Å². The Morgan fingerprint density at radius 3 is 2.38 bits per heavy atom. The summed E-state index contributed by atoms with van der Waals surface area (Å²) in [5.41, 5.74) is 0. The zero-order valence-corrected chi connectivity index (χ0v) is 8.93. The highest BCUT2D eigenvalue weighted by molar-refractivity contribution is 5.86. The fourth-order valence-electron chi connectivity index (χ4n) is 0.950. The number of amides is 1. The average molecular weight is 233 g/mol. The van der Waals surface area contributed by atoms with Crippen LogP contribution >= 0.6 is 0 Å². The van der Waals surface area contributed by atoms with E-state index in [1.165, 1.54) is 0 Å². The molecule has 0 fully saturated rings. The largest absolute Gasteiger partial charge is 0.481 e. The second-order valence-electron chi connectivity index (χ2n) is 3.00. The van der Waals surface area contributed by atoms with Crippen LogP contribution in [0.3, 0.4) is 0 Å². The van der Waals surface area contributed by atoms with Crippen LogP contribution in [-0.4, -0.2) is 47.3 Å². The molecule has 0 aliphatic carbocycles. The summed E-state index contributed by atoms with van der Waals surface area (Å²) >= 11 is 0. The molecule has 92 valence electrons. The first kappa shape index (κ1) is 14.4. The third-order valence-corrected chi connectivity index (χ3v) is 1.69. The van der Waals surface area contributed by atoms with Crippen molar-refractivity contribution in [3.63, 3.8) is 0 Å². The molecule has 0 bridgehead atoms. The van der Waals surface area contributed by atoms with E-state index in [2.05, 4.69) is 5.32 Å². The van der Waals surface area contributed by atoms with Crippen molar-refractivity contribution >= 4 is 17.8 Å². The summed E-state index contributed by atoms with van der Waals surface area (Å²) in [4.78, 5) is 32.1. The van der Waals surface area contributed by atoms with Crippen molar-refractivity contribution in [1.82, 2.24) is 5.32 Å². The van der Waals surface area contributed by atoms with Crippen molar-refractivity contribution in [3.05, 3.63) is 0 Å². The predicted octanol–water partition coefficient (Wildman–Crippen LogP) is -0.543. The average Bonchev–Trinajstić information content (AvgIpc) is 2.16. The van der Waals surface area contributed by atoms with E-state index in [1.54, 1.807) is 6.92 Å². The molecule has 16 heavy (non-hydrogen) atoms. The summed E-state index contributed by atoms with van der Waals surface area (Å²) < 4.78 is 4.90. The normalized spacial score (nSPS) is 11.8. The van der Waals surface area contributed by atoms with E-state index in [-0.39, 0.29) is 13.0 Å². The molecule has 0 aromatic carbocycles. The number of hydrogen-bond donors (Lipinski definition) is 3. The van der Waals surface area contributed by atoms with Gasteiger partial charge in [-0.1, -0.05) is 0 Å². The van der Waals surface area contributed by atoms with E-state index in [0.29, 0.717) is 6.61 Å². The standard InChI is InChI=1S/C9H15NO6/c1-2-16-4-3-7(11)10-6(9(14)15)5-8(12)13/h6H,2-5H2,1H3,(H,10,11)(H,12,13)(H,14,15). The van der Waals surface area contributed by atoms with Gasteiger partial charge in [-0.25, -0.2) is 4.79 Å². The van der Waals surface area contributed by atoms with Crippen molar-refractivity contribution < 1.29 is 29.3 Å². The lowest BCUT2D eigenvalue weighted by atomic mass is 10.2. The van der Waals surface area contributed by atoms with Crippen LogP contribution in [0.2, 0.25) is 0 Å². The molecule has 0 aromatic heterocycles. The maximum atomic E-state index is 11.2. The van der Waals surface area contributed by atoms with Crippen LogP contribution in [0.25, 0.3) is 0 Å². The van der Waals surface area contributed by atoms with Crippen LogP contribution in [0.5, 0.6) is 0 Å². The van der Waals surface area contributed by atoms with Crippen molar-refractivity contribution in [2.45, 2.75) is 25.8 Å². The Labute approximate surface area is 92.4 Å². The minimum absolute atomic E-state index is 0.0111. The van der Waals surface area contributed by atoms with Crippen molar-refractivity contribution in [1.29, 1.82) is 0 Å². The topological polar surface area (TPSA) is 113 Å². The SMILES string of the molecule is CCOCCC(=O)NC(CC(=O)O)C(=O)O. The molecule has 0 aliphatic rings. The summed E-state index contributed by atoms with van der Waals surface area (Å²) in [6.07, 6.45) is -0.632. The van der Waals surface area contributed by atoms with E-state index in [0.717, 1.165) is 0 Å². The molecule has 0 heterocycles. The number of carbonyl (C=O) groups is 3. The molecule has 3 N–H and O–H groups in total. The molecule has 0 rings (SSSR count). The van der Waals surface area contributed by atoms with Gasteiger partial charge in [-0.2, -0.15) is 0 Å². The molecule has 0 spiro atoms. The fourth-order valence-corrected chi connectivity index (χ4v) is 0.950. The smallest absolute Gasteiger partial charge is 0.326 e. The van der Waals surface area contributed by atoms with Crippen molar-refractivity contribution in [2.75, 3.05) is 13.2 Å². The number of nitrogens with one attached hydrogen (secondary N) is 1. The molecule has 0 aromatic rings. The van der Waals surface area contributed by atoms with Crippen LogP contribution in [0, 0.1) is 0 Å². The van der Waals surface area contributed by atoms with Gasteiger partial charge in [0, 0.05) is 13.0 Å². The van der Waals surface area contributed by atoms with Gasteiger partial charge >= 0.3 is 11.9 Å². The van der Waals surface area contributed by atoms with Gasteiger partial charge < -0.3 is 20.3 Å². The summed E-state index contributed by atoms with van der Waals surface area (Å²) in [7, 11) is 0. The van der Waals surface area contributed by atoms with E-state index < -0.39 is 30.3 Å². The summed E-state index contributed by atoms with van der Waals surface area (Å²) in [6, 6.07) is -1.40. The number of carboxylic acid groups (broad SMARTS) is 2. The third kappa shape index (κ3) is 6.77. The summed E-state index contributed by atoms with van der Waals surface area (Å²) in [5, 5.41) is 19.2. The lowest BCUT2D eigenvalue weighted by Gasteiger charge is -2.12. The first-order valence-corrected chi connectivity index (χ1v) is 4.79. The molecular formula is C9H15NO6. The van der Waals surface area contributed by atoms with E-state index >= 15 is 0 Å². The molecule has 0 saturated carbocycles. The lowest BCUT2D eigenvalue weighted by molar-refractivity contribution is -0.147. The Morgan fingerprint density at radius 1 is 1.31 bits per heavy atom. The molecule has 0 radical (unpaired) electrons. The van der Waals surface area contributed by atoms with Crippen LogP contribution in [0.4, 0.5) is 0 Å². The number of ether oxygens (including phenoxy) is 1. The zero-order valence-electron chi connectivity index (χ0n) is 8.93. The van der Waals surface area contributed by atoms with Gasteiger partial charge in [0.25, 0.3) is 0 Å². The van der Waals surface area contributed by atoms with Crippen molar-refractivity contribution in [3.8, 4) is 0 Å². The van der Waals surface area contributed by atoms with Crippen molar-refractivity contribution in [2.24, 2.45) is 0 Å². The quantitative estimate of drug-likeness (QED) is 0.485. The molecular weight excluding hydrogens is 218 g/mol. The Hall–Kier alpha value is -1.63. The molecule has 0 aliphatic heterocycles. The van der Waals surface area contributed by atoms with Gasteiger partial charge in [0.2, 0.25) is 5.91 Å². The number of hydrogen-bond acceptors (Lipinski definition) is 4. The Balaban J connectivity index is 4.03. The Bertz CT molecular complexity index is 265. The highest BCUT2D eigenvalue weighted by atomic mass is 16.5. The Morgan fingerprint density at radius 2 is 1.94 bits per heavy atom. The minimum Gasteiger partial charge on any atom is -0.481 e.